The highest BCUT2D eigenvalue weighted by molar-refractivity contribution is 7.10. The first-order valence-corrected chi connectivity index (χ1v) is 12.0. The minimum absolute atomic E-state index is 0.156. The molecule has 1 aromatic rings. The Bertz CT molecular complexity index is 995. The van der Waals surface area contributed by atoms with Gasteiger partial charge in [0.05, 0.1) is 5.57 Å². The molecule has 1 aliphatic heterocycles. The molecule has 0 amide bonds. The SMILES string of the molecule is CC1=C2C(=O)OC(=O)[C@@H]2[C@@]2(c3sccc31)C1C3CC4CC1[C@@H]1C[C@@H]2C[C@H]3C1C4. The Labute approximate surface area is 168 Å². The monoisotopic (exact) mass is 392 g/mol. The normalized spacial score (nSPS) is 54.0. The van der Waals surface area contributed by atoms with E-state index in [1.807, 2.05) is 18.3 Å². The number of hydrogen-bond acceptors (Lipinski definition) is 4. The van der Waals surface area contributed by atoms with Crippen molar-refractivity contribution in [2.75, 3.05) is 0 Å². The molecule has 8 fully saturated rings. The van der Waals surface area contributed by atoms with Crippen LogP contribution in [0.2, 0.25) is 0 Å². The molecule has 5 unspecified atom stereocenters. The predicted molar refractivity (Wildman–Crippen MR) is 104 cm³/mol. The van der Waals surface area contributed by atoms with Crippen molar-refractivity contribution in [3.8, 4) is 0 Å². The minimum Gasteiger partial charge on any atom is -0.389 e. The molecule has 144 valence electrons. The highest BCUT2D eigenvalue weighted by Gasteiger charge is 2.76. The number of esters is 2. The van der Waals surface area contributed by atoms with Crippen molar-refractivity contribution in [2.24, 2.45) is 53.3 Å². The predicted octanol–water partition coefficient (Wildman–Crippen LogP) is 4.42. The Morgan fingerprint density at radius 3 is 2.43 bits per heavy atom. The molecule has 10 rings (SSSR count). The summed E-state index contributed by atoms with van der Waals surface area (Å²) in [6.07, 6.45) is 6.79. The molecule has 8 bridgehead atoms. The highest BCUT2D eigenvalue weighted by Crippen LogP contribution is 2.79. The summed E-state index contributed by atoms with van der Waals surface area (Å²) in [6, 6.07) is 2.20. The molecule has 4 heteroatoms. The summed E-state index contributed by atoms with van der Waals surface area (Å²) in [5, 5.41) is 2.20. The van der Waals surface area contributed by atoms with Gasteiger partial charge in [0, 0.05) is 10.3 Å². The second kappa shape index (κ2) is 4.50. The number of hydrogen-bond donors (Lipinski definition) is 0. The molecule has 3 nitrogen and oxygen atoms in total. The van der Waals surface area contributed by atoms with Crippen molar-refractivity contribution in [3.63, 3.8) is 0 Å². The van der Waals surface area contributed by atoms with Crippen LogP contribution in [-0.4, -0.2) is 11.9 Å². The van der Waals surface area contributed by atoms with Crippen molar-refractivity contribution in [1.82, 2.24) is 0 Å². The lowest BCUT2D eigenvalue weighted by Gasteiger charge is -2.76. The summed E-state index contributed by atoms with van der Waals surface area (Å²) < 4.78 is 5.33. The Morgan fingerprint density at radius 1 is 1.00 bits per heavy atom. The first kappa shape index (κ1) is 15.4. The van der Waals surface area contributed by atoms with Gasteiger partial charge in [-0.3, -0.25) is 4.79 Å². The van der Waals surface area contributed by atoms with Crippen molar-refractivity contribution in [2.45, 2.75) is 44.4 Å². The molecular weight excluding hydrogens is 368 g/mol. The molecule has 0 N–H and O–H groups in total. The topological polar surface area (TPSA) is 43.4 Å². The van der Waals surface area contributed by atoms with E-state index in [2.05, 4.69) is 11.4 Å². The maximum absolute atomic E-state index is 13.2. The summed E-state index contributed by atoms with van der Waals surface area (Å²) in [5.74, 6) is 5.42. The van der Waals surface area contributed by atoms with Crippen molar-refractivity contribution in [3.05, 3.63) is 27.5 Å². The third-order valence-electron chi connectivity index (χ3n) is 10.6. The molecule has 0 radical (unpaired) electrons. The number of thiophene rings is 1. The number of ether oxygens (including phenoxy) is 1. The van der Waals surface area contributed by atoms with Gasteiger partial charge in [-0.05, 0) is 109 Å². The average molecular weight is 393 g/mol. The zero-order chi connectivity index (χ0) is 18.5. The maximum Gasteiger partial charge on any atom is 0.342 e. The maximum atomic E-state index is 13.2. The molecule has 8 aliphatic carbocycles. The molecule has 0 aromatic carbocycles. The van der Waals surface area contributed by atoms with E-state index < -0.39 is 0 Å². The number of carbonyl (C=O) groups is 2. The summed E-state index contributed by atoms with van der Waals surface area (Å²) >= 11 is 1.86. The van der Waals surface area contributed by atoms with Gasteiger partial charge in [-0.1, -0.05) is 0 Å². The third kappa shape index (κ3) is 1.35. The van der Waals surface area contributed by atoms with Gasteiger partial charge in [0.1, 0.15) is 5.92 Å². The second-order valence-corrected chi connectivity index (χ2v) is 11.8. The Balaban J connectivity index is 1.45. The smallest absolute Gasteiger partial charge is 0.342 e. The molecular formula is C24H24O3S. The van der Waals surface area contributed by atoms with Gasteiger partial charge >= 0.3 is 11.9 Å². The Morgan fingerprint density at radius 2 is 1.68 bits per heavy atom. The summed E-state index contributed by atoms with van der Waals surface area (Å²) in [6.45, 7) is 2.03. The second-order valence-electron chi connectivity index (χ2n) is 10.9. The molecule has 1 saturated heterocycles. The lowest BCUT2D eigenvalue weighted by atomic mass is 9.28. The van der Waals surface area contributed by atoms with Gasteiger partial charge in [-0.25, -0.2) is 4.79 Å². The van der Waals surface area contributed by atoms with Crippen LogP contribution in [0.3, 0.4) is 0 Å². The molecule has 9 aliphatic rings. The van der Waals surface area contributed by atoms with Gasteiger partial charge in [-0.15, -0.1) is 11.3 Å². The van der Waals surface area contributed by atoms with E-state index in [1.165, 1.54) is 42.5 Å². The van der Waals surface area contributed by atoms with E-state index in [1.54, 1.807) is 0 Å². The van der Waals surface area contributed by atoms with Gasteiger partial charge in [0.15, 0.2) is 0 Å². The van der Waals surface area contributed by atoms with Crippen LogP contribution in [-0.2, 0) is 19.7 Å². The van der Waals surface area contributed by atoms with Gasteiger partial charge in [-0.2, -0.15) is 0 Å². The van der Waals surface area contributed by atoms with E-state index in [-0.39, 0.29) is 23.3 Å². The fraction of sp³-hybridized carbons (Fsp3) is 0.667. The summed E-state index contributed by atoms with van der Waals surface area (Å²) in [4.78, 5) is 27.4. The molecule has 2 heterocycles. The van der Waals surface area contributed by atoms with Gasteiger partial charge in [0.25, 0.3) is 0 Å². The van der Waals surface area contributed by atoms with Gasteiger partial charge in [0.2, 0.25) is 0 Å². The lowest BCUT2D eigenvalue weighted by Crippen LogP contribution is -2.72. The molecule has 28 heavy (non-hydrogen) atoms. The third-order valence-corrected chi connectivity index (χ3v) is 11.6. The Hall–Kier alpha value is -1.42. The standard InChI is InChI=1S/C24H24O3S/c1-9-12-2-3-28-21(12)24(20-18(9)22(25)27-23(20)26)11-7-14-13-4-10-5-16(14)19(24)17(6-10)15(13)8-11/h2-3,10-11,13-17,19-20H,4-8H2,1H3/t10?,11-,13?,14-,15+,16?,17?,19?,20-,24+/m1/s1. The van der Waals surface area contributed by atoms with E-state index in [0.29, 0.717) is 17.4 Å². The number of cyclic esters (lactones) is 2. The van der Waals surface area contributed by atoms with Crippen molar-refractivity contribution >= 4 is 28.8 Å². The van der Waals surface area contributed by atoms with Crippen molar-refractivity contribution < 1.29 is 14.3 Å². The van der Waals surface area contributed by atoms with E-state index in [4.69, 9.17) is 4.74 Å². The van der Waals surface area contributed by atoms with Crippen LogP contribution in [0.4, 0.5) is 0 Å². The number of fused-ring (bicyclic) bond motifs is 2. The number of carbonyl (C=O) groups excluding carboxylic acids is 2. The van der Waals surface area contributed by atoms with Crippen LogP contribution >= 0.6 is 11.3 Å². The molecule has 10 atom stereocenters. The zero-order valence-electron chi connectivity index (χ0n) is 16.0. The van der Waals surface area contributed by atoms with Gasteiger partial charge < -0.3 is 4.74 Å². The average Bonchev–Trinajstić information content (AvgIpc) is 3.29. The molecule has 1 spiro atoms. The van der Waals surface area contributed by atoms with E-state index in [0.717, 1.165) is 41.1 Å². The lowest BCUT2D eigenvalue weighted by molar-refractivity contribution is -0.248. The Kier molecular flexibility index (Phi) is 2.48. The number of allylic oxidation sites excluding steroid dienone is 1. The minimum atomic E-state index is -0.356. The first-order chi connectivity index (χ1) is 13.6. The van der Waals surface area contributed by atoms with Crippen LogP contribution in [0, 0.1) is 53.3 Å². The first-order valence-electron chi connectivity index (χ1n) is 11.2. The van der Waals surface area contributed by atoms with Crippen LogP contribution in [0.15, 0.2) is 17.0 Å². The highest BCUT2D eigenvalue weighted by atomic mass is 32.1. The van der Waals surface area contributed by atoms with Crippen molar-refractivity contribution in [1.29, 1.82) is 0 Å². The summed E-state index contributed by atoms with van der Waals surface area (Å²) in [5.41, 5.74) is 2.81. The van der Waals surface area contributed by atoms with Crippen LogP contribution in [0.1, 0.15) is 49.5 Å². The molecule has 7 saturated carbocycles. The van der Waals surface area contributed by atoms with Crippen LogP contribution < -0.4 is 0 Å². The fourth-order valence-corrected chi connectivity index (χ4v) is 11.6. The fourth-order valence-electron chi connectivity index (χ4n) is 10.3. The molecule has 1 aromatic heterocycles. The quantitative estimate of drug-likeness (QED) is 0.485. The van der Waals surface area contributed by atoms with E-state index in [9.17, 15) is 9.59 Å². The zero-order valence-corrected chi connectivity index (χ0v) is 16.8. The summed E-state index contributed by atoms with van der Waals surface area (Å²) in [7, 11) is 0. The van der Waals surface area contributed by atoms with E-state index >= 15 is 0 Å². The van der Waals surface area contributed by atoms with Crippen LogP contribution in [0.25, 0.3) is 5.57 Å². The van der Waals surface area contributed by atoms with Crippen LogP contribution in [0.5, 0.6) is 0 Å². The number of rotatable bonds is 0. The largest absolute Gasteiger partial charge is 0.389 e.